The number of anilines is 1. The first kappa shape index (κ1) is 18.4. The van der Waals surface area contributed by atoms with Crippen LogP contribution in [0.4, 0.5) is 18.9 Å². The van der Waals surface area contributed by atoms with Crippen LogP contribution in [0.3, 0.4) is 0 Å². The lowest BCUT2D eigenvalue weighted by atomic mass is 10.1. The molecule has 3 aromatic rings. The zero-order valence-electron chi connectivity index (χ0n) is 14.6. The number of rotatable bonds is 5. The fraction of sp³-hybridized carbons (Fsp3) is 0.167. The van der Waals surface area contributed by atoms with Crippen LogP contribution in [0.25, 0.3) is 10.9 Å². The topological polar surface area (TPSA) is 72.6 Å². The molecule has 6 nitrogen and oxygen atoms in total. The van der Waals surface area contributed by atoms with E-state index in [0.717, 1.165) is 12.1 Å². The minimum atomic E-state index is -1.67. The van der Waals surface area contributed by atoms with Crippen molar-refractivity contribution in [1.29, 1.82) is 0 Å². The smallest absolute Gasteiger partial charge is 0.258 e. The average molecular weight is 380 g/mol. The number of amides is 1. The fourth-order valence-electron chi connectivity index (χ4n) is 2.75. The van der Waals surface area contributed by atoms with Crippen LogP contribution in [0.15, 0.2) is 24.4 Å². The normalized spacial score (nSPS) is 10.7. The van der Waals surface area contributed by atoms with Crippen molar-refractivity contribution in [2.45, 2.75) is 0 Å². The Balaban J connectivity index is 2.09. The Bertz CT molecular complexity index is 1030. The number of aromatic nitrogens is 1. The second-order valence-corrected chi connectivity index (χ2v) is 5.45. The molecule has 0 unspecified atom stereocenters. The van der Waals surface area contributed by atoms with Crippen molar-refractivity contribution in [2.24, 2.45) is 0 Å². The van der Waals surface area contributed by atoms with Crippen LogP contribution < -0.4 is 19.5 Å². The Labute approximate surface area is 151 Å². The second kappa shape index (κ2) is 7.10. The van der Waals surface area contributed by atoms with E-state index in [4.69, 9.17) is 14.2 Å². The molecule has 0 bridgehead atoms. The maximum absolute atomic E-state index is 13.8. The first-order valence-electron chi connectivity index (χ1n) is 7.67. The average Bonchev–Trinajstić information content (AvgIpc) is 3.10. The Hall–Kier alpha value is -3.36. The maximum Gasteiger partial charge on any atom is 0.258 e. The fourth-order valence-corrected chi connectivity index (χ4v) is 2.75. The quantitative estimate of drug-likeness (QED) is 0.660. The first-order chi connectivity index (χ1) is 12.9. The van der Waals surface area contributed by atoms with E-state index in [2.05, 4.69) is 10.3 Å². The number of carbonyl (C=O) groups excluding carboxylic acids is 1. The summed E-state index contributed by atoms with van der Waals surface area (Å²) in [5, 5.41) is 2.58. The highest BCUT2D eigenvalue weighted by molar-refractivity contribution is 6.15. The van der Waals surface area contributed by atoms with Gasteiger partial charge in [-0.2, -0.15) is 0 Å². The van der Waals surface area contributed by atoms with Gasteiger partial charge in [-0.15, -0.1) is 0 Å². The first-order valence-corrected chi connectivity index (χ1v) is 7.67. The number of benzene rings is 2. The van der Waals surface area contributed by atoms with Crippen LogP contribution >= 0.6 is 0 Å². The van der Waals surface area contributed by atoms with Gasteiger partial charge in [0.15, 0.2) is 29.0 Å². The number of fused-ring (bicyclic) bond motifs is 1. The standard InChI is InChI=1S/C18H15F3N2O4/c1-25-12-6-11-13(17(27-3)16(12)26-2)8(7-22-11)18(24)23-10-5-4-9(19)14(20)15(10)21/h4-7,22H,1-3H3,(H,23,24). The number of ether oxygens (including phenoxy) is 3. The minimum absolute atomic E-state index is 0.0898. The molecule has 9 heteroatoms. The highest BCUT2D eigenvalue weighted by Crippen LogP contribution is 2.44. The number of H-pyrrole nitrogens is 1. The summed E-state index contributed by atoms with van der Waals surface area (Å²) in [5.74, 6) is -4.40. The summed E-state index contributed by atoms with van der Waals surface area (Å²) in [6.07, 6.45) is 1.37. The summed E-state index contributed by atoms with van der Waals surface area (Å²) in [7, 11) is 4.25. The third-order valence-corrected chi connectivity index (χ3v) is 4.00. The van der Waals surface area contributed by atoms with E-state index in [0.29, 0.717) is 16.7 Å². The Morgan fingerprint density at radius 1 is 1.00 bits per heavy atom. The van der Waals surface area contributed by atoms with Gasteiger partial charge < -0.3 is 24.5 Å². The molecule has 1 amide bonds. The van der Waals surface area contributed by atoms with E-state index in [9.17, 15) is 18.0 Å². The summed E-state index contributed by atoms with van der Waals surface area (Å²) in [6, 6.07) is 3.25. The van der Waals surface area contributed by atoms with Gasteiger partial charge >= 0.3 is 0 Å². The molecule has 1 heterocycles. The number of halogens is 3. The predicted molar refractivity (Wildman–Crippen MR) is 92.2 cm³/mol. The van der Waals surface area contributed by atoms with Gasteiger partial charge in [0.25, 0.3) is 5.91 Å². The molecule has 27 heavy (non-hydrogen) atoms. The Morgan fingerprint density at radius 2 is 1.70 bits per heavy atom. The summed E-state index contributed by atoms with van der Waals surface area (Å²) in [4.78, 5) is 15.5. The molecule has 3 rings (SSSR count). The maximum atomic E-state index is 13.8. The SMILES string of the molecule is COc1cc2[nH]cc(C(=O)Nc3ccc(F)c(F)c3F)c2c(OC)c1OC. The molecule has 2 aromatic carbocycles. The van der Waals surface area contributed by atoms with Gasteiger partial charge in [-0.05, 0) is 12.1 Å². The van der Waals surface area contributed by atoms with Crippen LogP contribution in [-0.4, -0.2) is 32.2 Å². The number of carbonyl (C=O) groups is 1. The van der Waals surface area contributed by atoms with E-state index in [-0.39, 0.29) is 17.1 Å². The monoisotopic (exact) mass is 380 g/mol. The number of hydrogen-bond donors (Lipinski definition) is 2. The summed E-state index contributed by atoms with van der Waals surface area (Å²) < 4.78 is 56.2. The van der Waals surface area contributed by atoms with Gasteiger partial charge in [0.1, 0.15) is 0 Å². The van der Waals surface area contributed by atoms with E-state index in [1.54, 1.807) is 6.07 Å². The second-order valence-electron chi connectivity index (χ2n) is 5.45. The molecule has 0 aliphatic rings. The van der Waals surface area contributed by atoms with E-state index in [1.807, 2.05) is 0 Å². The van der Waals surface area contributed by atoms with Gasteiger partial charge in [-0.25, -0.2) is 13.2 Å². The van der Waals surface area contributed by atoms with Crippen molar-refractivity contribution >= 4 is 22.5 Å². The molecule has 142 valence electrons. The van der Waals surface area contributed by atoms with Gasteiger partial charge in [0.05, 0.1) is 43.5 Å². The lowest BCUT2D eigenvalue weighted by Crippen LogP contribution is -2.14. The number of aromatic amines is 1. The molecule has 0 fully saturated rings. The highest BCUT2D eigenvalue weighted by atomic mass is 19.2. The number of nitrogens with one attached hydrogen (secondary N) is 2. The third kappa shape index (κ3) is 3.01. The predicted octanol–water partition coefficient (Wildman–Crippen LogP) is 3.86. The van der Waals surface area contributed by atoms with Gasteiger partial charge in [0, 0.05) is 12.3 Å². The largest absolute Gasteiger partial charge is 0.493 e. The van der Waals surface area contributed by atoms with E-state index in [1.165, 1.54) is 27.5 Å². The Morgan fingerprint density at radius 3 is 2.33 bits per heavy atom. The zero-order chi connectivity index (χ0) is 19.7. The van der Waals surface area contributed by atoms with Crippen LogP contribution in [0.1, 0.15) is 10.4 Å². The third-order valence-electron chi connectivity index (χ3n) is 4.00. The van der Waals surface area contributed by atoms with Crippen molar-refractivity contribution in [1.82, 2.24) is 4.98 Å². The van der Waals surface area contributed by atoms with Gasteiger partial charge in [-0.3, -0.25) is 4.79 Å². The molecule has 0 saturated carbocycles. The van der Waals surface area contributed by atoms with Crippen molar-refractivity contribution < 1.29 is 32.2 Å². The lowest BCUT2D eigenvalue weighted by Gasteiger charge is -2.14. The Kier molecular flexibility index (Phi) is 4.85. The molecular weight excluding hydrogens is 365 g/mol. The molecule has 1 aromatic heterocycles. The van der Waals surface area contributed by atoms with Crippen molar-refractivity contribution in [3.8, 4) is 17.2 Å². The molecule has 0 saturated heterocycles. The molecular formula is C18H15F3N2O4. The summed E-state index contributed by atoms with van der Waals surface area (Å²) in [6.45, 7) is 0. The lowest BCUT2D eigenvalue weighted by molar-refractivity contribution is 0.102. The van der Waals surface area contributed by atoms with Crippen LogP contribution in [0, 0.1) is 17.5 Å². The van der Waals surface area contributed by atoms with Gasteiger partial charge in [-0.1, -0.05) is 0 Å². The number of hydrogen-bond acceptors (Lipinski definition) is 4. The van der Waals surface area contributed by atoms with E-state index < -0.39 is 29.0 Å². The van der Waals surface area contributed by atoms with Crippen molar-refractivity contribution in [3.63, 3.8) is 0 Å². The van der Waals surface area contributed by atoms with Crippen LogP contribution in [0.5, 0.6) is 17.2 Å². The summed E-state index contributed by atoms with van der Waals surface area (Å²) in [5.41, 5.74) is 0.0973. The van der Waals surface area contributed by atoms with E-state index >= 15 is 0 Å². The molecule has 0 spiro atoms. The van der Waals surface area contributed by atoms with Crippen LogP contribution in [-0.2, 0) is 0 Å². The summed E-state index contributed by atoms with van der Waals surface area (Å²) >= 11 is 0. The van der Waals surface area contributed by atoms with Crippen LogP contribution in [0.2, 0.25) is 0 Å². The van der Waals surface area contributed by atoms with Gasteiger partial charge in [0.2, 0.25) is 5.75 Å². The molecule has 2 N–H and O–H groups in total. The minimum Gasteiger partial charge on any atom is -0.493 e. The zero-order valence-corrected chi connectivity index (χ0v) is 14.6. The molecule has 0 aliphatic heterocycles. The molecule has 0 atom stereocenters. The highest BCUT2D eigenvalue weighted by Gasteiger charge is 2.24. The van der Waals surface area contributed by atoms with Crippen molar-refractivity contribution in [3.05, 3.63) is 47.4 Å². The van der Waals surface area contributed by atoms with Crippen molar-refractivity contribution in [2.75, 3.05) is 26.6 Å². The molecule has 0 radical (unpaired) electrons. The molecule has 0 aliphatic carbocycles. The number of methoxy groups -OCH3 is 3.